The number of anilines is 1. The number of carbonyl (C=O) groups excluding carboxylic acids is 1. The molecule has 0 bridgehead atoms. The Balaban J connectivity index is 1.36. The van der Waals surface area contributed by atoms with Gasteiger partial charge in [0.15, 0.2) is 5.82 Å². The molecule has 0 unspecified atom stereocenters. The van der Waals surface area contributed by atoms with Crippen LogP contribution in [-0.2, 0) is 4.79 Å². The van der Waals surface area contributed by atoms with Crippen LogP contribution in [0.15, 0.2) is 67.6 Å². The van der Waals surface area contributed by atoms with Gasteiger partial charge in [0, 0.05) is 53.3 Å². The van der Waals surface area contributed by atoms with Crippen molar-refractivity contribution in [1.82, 2.24) is 40.1 Å². The average molecular weight is 504 g/mol. The summed E-state index contributed by atoms with van der Waals surface area (Å²) in [6.45, 7) is 6.09. The predicted octanol–water partition coefficient (Wildman–Crippen LogP) is 5.39. The zero-order valence-corrected chi connectivity index (χ0v) is 21.1. The molecule has 1 amide bonds. The average Bonchev–Trinajstić information content (AvgIpc) is 3.51. The summed E-state index contributed by atoms with van der Waals surface area (Å²) in [4.78, 5) is 38.1. The molecule has 0 fully saturated rings. The number of carbonyl (C=O) groups is 1. The molecule has 0 aliphatic carbocycles. The molecule has 0 saturated carbocycles. The number of aromatic nitrogens is 8. The molecule has 6 aromatic rings. The third-order valence-corrected chi connectivity index (χ3v) is 6.05. The Morgan fingerprint density at radius 3 is 2.61 bits per heavy atom. The maximum Gasteiger partial charge on any atom is 0.224 e. The number of nitrogens with zero attached hydrogens (tertiary/aromatic N) is 6. The van der Waals surface area contributed by atoms with E-state index >= 15 is 0 Å². The third-order valence-electron chi connectivity index (χ3n) is 6.05. The van der Waals surface area contributed by atoms with Gasteiger partial charge in [0.05, 0.1) is 41.0 Å². The fourth-order valence-electron chi connectivity index (χ4n) is 4.37. The Labute approximate surface area is 218 Å². The molecule has 0 aliphatic rings. The number of fused-ring (bicyclic) bond motifs is 2. The molecule has 6 heterocycles. The molecule has 188 valence electrons. The van der Waals surface area contributed by atoms with E-state index in [0.717, 1.165) is 38.6 Å². The highest BCUT2D eigenvalue weighted by Gasteiger charge is 2.18. The highest BCUT2D eigenvalue weighted by Crippen LogP contribution is 2.32. The number of hydrogen-bond donors (Lipinski definition) is 3. The number of amides is 1. The molecule has 0 spiro atoms. The van der Waals surface area contributed by atoms with E-state index in [4.69, 9.17) is 4.98 Å². The van der Waals surface area contributed by atoms with Crippen LogP contribution in [0.4, 0.5) is 5.69 Å². The molecule has 3 N–H and O–H groups in total. The molecule has 0 radical (unpaired) electrons. The lowest BCUT2D eigenvalue weighted by Gasteiger charge is -2.17. The van der Waals surface area contributed by atoms with Gasteiger partial charge in [-0.3, -0.25) is 29.8 Å². The highest BCUT2D eigenvalue weighted by atomic mass is 16.1. The summed E-state index contributed by atoms with van der Waals surface area (Å²) in [6.07, 6.45) is 12.6. The molecule has 38 heavy (non-hydrogen) atoms. The normalized spacial score (nSPS) is 11.8. The van der Waals surface area contributed by atoms with Crippen LogP contribution >= 0.6 is 0 Å². The minimum Gasteiger partial charge on any atom is -0.335 e. The fourth-order valence-corrected chi connectivity index (χ4v) is 4.37. The van der Waals surface area contributed by atoms with Gasteiger partial charge in [-0.1, -0.05) is 26.8 Å². The zero-order valence-electron chi connectivity index (χ0n) is 21.1. The minimum atomic E-state index is -0.106. The van der Waals surface area contributed by atoms with Crippen molar-refractivity contribution in [3.8, 4) is 33.9 Å². The van der Waals surface area contributed by atoms with Crippen molar-refractivity contribution >= 4 is 33.5 Å². The first-order valence-electron chi connectivity index (χ1n) is 12.2. The second-order valence-electron chi connectivity index (χ2n) is 10.3. The molecule has 10 nitrogen and oxygen atoms in total. The highest BCUT2D eigenvalue weighted by molar-refractivity contribution is 5.97. The van der Waals surface area contributed by atoms with E-state index in [-0.39, 0.29) is 11.3 Å². The van der Waals surface area contributed by atoms with Gasteiger partial charge in [0.25, 0.3) is 0 Å². The van der Waals surface area contributed by atoms with Crippen molar-refractivity contribution < 1.29 is 4.79 Å². The number of imidazole rings is 1. The van der Waals surface area contributed by atoms with Gasteiger partial charge in [0.2, 0.25) is 5.91 Å². The lowest BCUT2D eigenvalue weighted by molar-refractivity contribution is -0.117. The van der Waals surface area contributed by atoms with Gasteiger partial charge < -0.3 is 10.3 Å². The summed E-state index contributed by atoms with van der Waals surface area (Å²) in [6, 6.07) is 7.68. The summed E-state index contributed by atoms with van der Waals surface area (Å²) in [5.74, 6) is 0.560. The predicted molar refractivity (Wildman–Crippen MR) is 146 cm³/mol. The lowest BCUT2D eigenvalue weighted by Crippen LogP contribution is -2.19. The van der Waals surface area contributed by atoms with E-state index < -0.39 is 0 Å². The fraction of sp³-hybridized carbons (Fsp3) is 0.179. The van der Waals surface area contributed by atoms with Crippen molar-refractivity contribution in [3.63, 3.8) is 0 Å². The first-order chi connectivity index (χ1) is 18.3. The van der Waals surface area contributed by atoms with E-state index in [1.807, 2.05) is 45.0 Å². The van der Waals surface area contributed by atoms with Crippen LogP contribution in [0.5, 0.6) is 0 Å². The standard InChI is InChI=1S/C28H25N9O/c1-28(2,3)9-24(38)33-18-7-17(11-30-12-18)21-8-19-22(15-32-21)36-37-26(19)27-34-23-14-31-13-20(25(23)35-27)16-5-4-6-29-10-16/h4-8,10-15H,9H2,1-3H3,(H,33,38)(H,34,35)(H,36,37). The zero-order chi connectivity index (χ0) is 26.3. The second kappa shape index (κ2) is 9.15. The summed E-state index contributed by atoms with van der Waals surface area (Å²) in [5, 5.41) is 11.4. The van der Waals surface area contributed by atoms with Gasteiger partial charge in [-0.15, -0.1) is 0 Å². The van der Waals surface area contributed by atoms with Crippen LogP contribution in [0.2, 0.25) is 0 Å². The van der Waals surface area contributed by atoms with Gasteiger partial charge >= 0.3 is 0 Å². The van der Waals surface area contributed by atoms with Crippen molar-refractivity contribution in [2.24, 2.45) is 5.41 Å². The number of H-pyrrole nitrogens is 2. The van der Waals surface area contributed by atoms with Gasteiger partial charge in [-0.25, -0.2) is 4.98 Å². The van der Waals surface area contributed by atoms with Crippen molar-refractivity contribution in [3.05, 3.63) is 67.6 Å². The second-order valence-corrected chi connectivity index (χ2v) is 10.3. The van der Waals surface area contributed by atoms with Crippen LogP contribution in [-0.4, -0.2) is 46.0 Å². The van der Waals surface area contributed by atoms with Crippen LogP contribution in [0, 0.1) is 5.41 Å². The Bertz CT molecular complexity index is 1780. The Morgan fingerprint density at radius 1 is 0.947 bits per heavy atom. The molecule has 0 aromatic carbocycles. The molecule has 0 aliphatic heterocycles. The van der Waals surface area contributed by atoms with E-state index in [1.165, 1.54) is 0 Å². The number of hydrogen-bond acceptors (Lipinski definition) is 7. The monoisotopic (exact) mass is 503 g/mol. The lowest BCUT2D eigenvalue weighted by atomic mass is 9.92. The molecular weight excluding hydrogens is 478 g/mol. The largest absolute Gasteiger partial charge is 0.335 e. The number of nitrogens with one attached hydrogen (secondary N) is 3. The SMILES string of the molecule is CC(C)(C)CC(=O)Nc1cncc(-c2cc3c(-c4nc5c(-c6cccnc6)cncc5[nH]4)n[nH]c3cn2)c1. The number of rotatable bonds is 5. The van der Waals surface area contributed by atoms with E-state index in [2.05, 4.69) is 40.4 Å². The molecule has 0 atom stereocenters. The number of aromatic amines is 2. The molecule has 10 heteroatoms. The van der Waals surface area contributed by atoms with E-state index in [1.54, 1.807) is 43.4 Å². The summed E-state index contributed by atoms with van der Waals surface area (Å²) in [5.41, 5.74) is 6.85. The van der Waals surface area contributed by atoms with E-state index in [0.29, 0.717) is 29.3 Å². The van der Waals surface area contributed by atoms with Crippen LogP contribution < -0.4 is 5.32 Å². The van der Waals surface area contributed by atoms with Crippen molar-refractivity contribution in [2.45, 2.75) is 27.2 Å². The Morgan fingerprint density at radius 2 is 1.79 bits per heavy atom. The van der Waals surface area contributed by atoms with Crippen LogP contribution in [0.25, 0.3) is 55.8 Å². The quantitative estimate of drug-likeness (QED) is 0.286. The maximum atomic E-state index is 12.4. The van der Waals surface area contributed by atoms with Crippen molar-refractivity contribution in [1.29, 1.82) is 0 Å². The summed E-state index contributed by atoms with van der Waals surface area (Å²) in [7, 11) is 0. The Kier molecular flexibility index (Phi) is 5.64. The van der Waals surface area contributed by atoms with Crippen LogP contribution in [0.1, 0.15) is 27.2 Å². The van der Waals surface area contributed by atoms with Gasteiger partial charge in [-0.05, 0) is 23.6 Å². The first kappa shape index (κ1) is 23.4. The minimum absolute atomic E-state index is 0.0537. The number of pyridine rings is 4. The molecule has 6 rings (SSSR count). The maximum absolute atomic E-state index is 12.4. The Hall–Kier alpha value is -4.99. The topological polar surface area (TPSA) is 138 Å². The van der Waals surface area contributed by atoms with Crippen LogP contribution in [0.3, 0.4) is 0 Å². The first-order valence-corrected chi connectivity index (χ1v) is 12.2. The van der Waals surface area contributed by atoms with Gasteiger partial charge in [0.1, 0.15) is 11.2 Å². The molecular formula is C28H25N9O. The summed E-state index contributed by atoms with van der Waals surface area (Å²) >= 11 is 0. The smallest absolute Gasteiger partial charge is 0.224 e. The molecule has 0 saturated heterocycles. The van der Waals surface area contributed by atoms with Gasteiger partial charge in [-0.2, -0.15) is 5.10 Å². The third kappa shape index (κ3) is 4.59. The summed E-state index contributed by atoms with van der Waals surface area (Å²) < 4.78 is 0. The van der Waals surface area contributed by atoms with E-state index in [9.17, 15) is 4.79 Å². The molecule has 6 aromatic heterocycles. The van der Waals surface area contributed by atoms with Crippen molar-refractivity contribution in [2.75, 3.05) is 5.32 Å².